The Labute approximate surface area is 156 Å². The van der Waals surface area contributed by atoms with Crippen LogP contribution in [0.2, 0.25) is 0 Å². The number of hydrogen-bond acceptors (Lipinski definition) is 3. The molecule has 0 bridgehead atoms. The number of amides is 1. The number of para-hydroxylation sites is 1. The van der Waals surface area contributed by atoms with Crippen LogP contribution < -0.4 is 10.1 Å². The van der Waals surface area contributed by atoms with Crippen LogP contribution in [0.25, 0.3) is 0 Å². The second kappa shape index (κ2) is 9.97. The molecule has 0 aliphatic rings. The second-order valence-electron chi connectivity index (χ2n) is 6.68. The Morgan fingerprint density at radius 2 is 1.73 bits per heavy atom. The summed E-state index contributed by atoms with van der Waals surface area (Å²) in [5, 5.41) is 13.0. The van der Waals surface area contributed by atoms with Crippen LogP contribution in [0.15, 0.2) is 48.5 Å². The van der Waals surface area contributed by atoms with Gasteiger partial charge in [0.25, 0.3) is 0 Å². The van der Waals surface area contributed by atoms with Crippen molar-refractivity contribution in [3.8, 4) is 5.75 Å². The molecule has 0 saturated heterocycles. The number of nitrogens with one attached hydrogen (secondary N) is 1. The van der Waals surface area contributed by atoms with Crippen LogP contribution in [-0.4, -0.2) is 30.3 Å². The zero-order chi connectivity index (χ0) is 18.9. The van der Waals surface area contributed by atoms with Crippen LogP contribution in [0.4, 0.5) is 0 Å². The van der Waals surface area contributed by atoms with Crippen molar-refractivity contribution in [2.24, 2.45) is 0 Å². The third-order valence-electron chi connectivity index (χ3n) is 4.44. The molecule has 4 nitrogen and oxygen atoms in total. The molecule has 2 unspecified atom stereocenters. The van der Waals surface area contributed by atoms with Crippen LogP contribution in [0.5, 0.6) is 5.75 Å². The second-order valence-corrected chi connectivity index (χ2v) is 6.68. The van der Waals surface area contributed by atoms with E-state index in [0.717, 1.165) is 35.3 Å². The van der Waals surface area contributed by atoms with Crippen molar-refractivity contribution in [3.63, 3.8) is 0 Å². The number of aryl methyl sites for hydroxylation is 2. The number of benzene rings is 2. The molecule has 0 aliphatic carbocycles. The first-order chi connectivity index (χ1) is 12.5. The Hall–Kier alpha value is -2.33. The van der Waals surface area contributed by atoms with E-state index in [4.69, 9.17) is 4.74 Å². The first kappa shape index (κ1) is 20.0. The fraction of sp³-hybridized carbons (Fsp3) is 0.409. The number of aliphatic hydroxyl groups is 1. The zero-order valence-corrected chi connectivity index (χ0v) is 15.9. The molecular formula is C22H29NO3. The largest absolute Gasteiger partial charge is 0.490 e. The smallest absolute Gasteiger partial charge is 0.227 e. The van der Waals surface area contributed by atoms with Crippen LogP contribution in [0.1, 0.15) is 42.4 Å². The monoisotopic (exact) mass is 355 g/mol. The minimum Gasteiger partial charge on any atom is -0.490 e. The molecule has 140 valence electrons. The minimum atomic E-state index is -0.754. The third kappa shape index (κ3) is 5.60. The third-order valence-corrected chi connectivity index (χ3v) is 4.44. The predicted octanol–water partition coefficient (Wildman–Crippen LogP) is 3.74. The molecule has 1 amide bonds. The Bertz CT molecular complexity index is 680. The average molecular weight is 355 g/mol. The Morgan fingerprint density at radius 1 is 1.08 bits per heavy atom. The molecule has 2 N–H and O–H groups in total. The van der Waals surface area contributed by atoms with Gasteiger partial charge in [-0.25, -0.2) is 0 Å². The lowest BCUT2D eigenvalue weighted by atomic mass is 9.93. The number of hydrogen-bond donors (Lipinski definition) is 2. The highest BCUT2D eigenvalue weighted by Crippen LogP contribution is 2.23. The maximum absolute atomic E-state index is 12.6. The van der Waals surface area contributed by atoms with Gasteiger partial charge >= 0.3 is 0 Å². The van der Waals surface area contributed by atoms with Gasteiger partial charge in [-0.3, -0.25) is 4.79 Å². The van der Waals surface area contributed by atoms with E-state index in [1.807, 2.05) is 62.4 Å². The van der Waals surface area contributed by atoms with Crippen molar-refractivity contribution in [3.05, 3.63) is 65.2 Å². The van der Waals surface area contributed by atoms with Gasteiger partial charge in [0.05, 0.1) is 5.92 Å². The first-order valence-electron chi connectivity index (χ1n) is 9.22. The van der Waals surface area contributed by atoms with Crippen molar-refractivity contribution in [2.75, 3.05) is 13.2 Å². The highest BCUT2D eigenvalue weighted by Gasteiger charge is 2.20. The van der Waals surface area contributed by atoms with Gasteiger partial charge in [0, 0.05) is 6.54 Å². The van der Waals surface area contributed by atoms with Gasteiger partial charge < -0.3 is 15.2 Å². The molecule has 26 heavy (non-hydrogen) atoms. The van der Waals surface area contributed by atoms with Gasteiger partial charge in [0.2, 0.25) is 5.91 Å². The van der Waals surface area contributed by atoms with Gasteiger partial charge in [0.15, 0.2) is 0 Å². The quantitative estimate of drug-likeness (QED) is 0.720. The molecule has 2 atom stereocenters. The van der Waals surface area contributed by atoms with Crippen molar-refractivity contribution in [1.29, 1.82) is 0 Å². The Kier molecular flexibility index (Phi) is 7.67. The van der Waals surface area contributed by atoms with Gasteiger partial charge in [-0.1, -0.05) is 61.9 Å². The lowest BCUT2D eigenvalue weighted by Gasteiger charge is -2.19. The number of carbonyl (C=O) groups is 1. The normalized spacial score (nSPS) is 13.1. The van der Waals surface area contributed by atoms with Crippen molar-refractivity contribution in [1.82, 2.24) is 5.32 Å². The fourth-order valence-corrected chi connectivity index (χ4v) is 3.03. The fourth-order valence-electron chi connectivity index (χ4n) is 3.03. The summed E-state index contributed by atoms with van der Waals surface area (Å²) in [6.07, 6.45) is 0.951. The van der Waals surface area contributed by atoms with E-state index in [1.54, 1.807) is 0 Å². The van der Waals surface area contributed by atoms with E-state index in [1.165, 1.54) is 0 Å². The highest BCUT2D eigenvalue weighted by atomic mass is 16.5. The summed E-state index contributed by atoms with van der Waals surface area (Å²) >= 11 is 0. The molecule has 2 rings (SSSR count). The molecule has 2 aromatic carbocycles. The number of carbonyl (C=O) groups excluding carboxylic acids is 1. The van der Waals surface area contributed by atoms with Crippen molar-refractivity contribution >= 4 is 5.91 Å². The summed E-state index contributed by atoms with van der Waals surface area (Å²) in [6.45, 7) is 6.35. The molecule has 0 saturated carbocycles. The maximum atomic E-state index is 12.6. The molecule has 4 heteroatoms. The highest BCUT2D eigenvalue weighted by molar-refractivity contribution is 5.83. The molecule has 2 aromatic rings. The zero-order valence-electron chi connectivity index (χ0n) is 15.9. The Balaban J connectivity index is 1.87. The molecule has 0 aliphatic heterocycles. The van der Waals surface area contributed by atoms with Gasteiger partial charge in [-0.15, -0.1) is 0 Å². The van der Waals surface area contributed by atoms with Crippen LogP contribution >= 0.6 is 0 Å². The molecule has 0 radical (unpaired) electrons. The summed E-state index contributed by atoms with van der Waals surface area (Å²) in [4.78, 5) is 12.6. The van der Waals surface area contributed by atoms with E-state index in [9.17, 15) is 9.90 Å². The molecule has 0 heterocycles. The summed E-state index contributed by atoms with van der Waals surface area (Å²) in [6, 6.07) is 15.7. The van der Waals surface area contributed by atoms with Gasteiger partial charge in [0.1, 0.15) is 18.5 Å². The van der Waals surface area contributed by atoms with Crippen molar-refractivity contribution < 1.29 is 14.6 Å². The number of rotatable bonds is 9. The lowest BCUT2D eigenvalue weighted by Crippen LogP contribution is -2.38. The van der Waals surface area contributed by atoms with Gasteiger partial charge in [-0.2, -0.15) is 0 Å². The van der Waals surface area contributed by atoms with Crippen LogP contribution in [0.3, 0.4) is 0 Å². The maximum Gasteiger partial charge on any atom is 0.227 e. The Morgan fingerprint density at radius 3 is 2.35 bits per heavy atom. The standard InChI is InChI=1S/C22H29NO3/c1-4-9-20(18-12-6-5-7-13-18)22(25)23-14-19(24)15-26-21-16(2)10-8-11-17(21)3/h5-8,10-13,19-20,24H,4,9,14-15H2,1-3H3,(H,23,25). The summed E-state index contributed by atoms with van der Waals surface area (Å²) in [7, 11) is 0. The minimum absolute atomic E-state index is 0.0517. The topological polar surface area (TPSA) is 58.6 Å². The van der Waals surface area contributed by atoms with E-state index in [0.29, 0.717) is 0 Å². The number of aliphatic hydroxyl groups excluding tert-OH is 1. The number of ether oxygens (including phenoxy) is 1. The van der Waals surface area contributed by atoms with E-state index in [2.05, 4.69) is 12.2 Å². The predicted molar refractivity (Wildman–Crippen MR) is 105 cm³/mol. The van der Waals surface area contributed by atoms with Crippen molar-refractivity contribution in [2.45, 2.75) is 45.6 Å². The molecule has 0 fully saturated rings. The lowest BCUT2D eigenvalue weighted by molar-refractivity contribution is -0.123. The first-order valence-corrected chi connectivity index (χ1v) is 9.22. The van der Waals surface area contributed by atoms with Crippen LogP contribution in [-0.2, 0) is 4.79 Å². The van der Waals surface area contributed by atoms with E-state index < -0.39 is 6.10 Å². The van der Waals surface area contributed by atoms with E-state index in [-0.39, 0.29) is 25.0 Å². The van der Waals surface area contributed by atoms with E-state index >= 15 is 0 Å². The summed E-state index contributed by atoms with van der Waals surface area (Å²) in [5.74, 6) is 0.558. The molecule has 0 spiro atoms. The average Bonchev–Trinajstić information content (AvgIpc) is 2.64. The van der Waals surface area contributed by atoms with Gasteiger partial charge in [-0.05, 0) is 37.0 Å². The summed E-state index contributed by atoms with van der Waals surface area (Å²) < 4.78 is 5.75. The molecule has 0 aromatic heterocycles. The summed E-state index contributed by atoms with van der Waals surface area (Å²) in [5.41, 5.74) is 3.08. The molecular weight excluding hydrogens is 326 g/mol. The van der Waals surface area contributed by atoms with Crippen LogP contribution in [0, 0.1) is 13.8 Å². The SMILES string of the molecule is CCCC(C(=O)NCC(O)COc1c(C)cccc1C)c1ccccc1.